The van der Waals surface area contributed by atoms with E-state index in [9.17, 15) is 9.90 Å². The summed E-state index contributed by atoms with van der Waals surface area (Å²) in [5, 5.41) is 12.3. The van der Waals surface area contributed by atoms with Crippen LogP contribution in [0.3, 0.4) is 0 Å². The maximum atomic E-state index is 11.5. The van der Waals surface area contributed by atoms with Gasteiger partial charge in [0, 0.05) is 12.0 Å². The summed E-state index contributed by atoms with van der Waals surface area (Å²) in [7, 11) is 1.68. The van der Waals surface area contributed by atoms with Crippen molar-refractivity contribution in [1.82, 2.24) is 5.32 Å². The zero-order valence-corrected chi connectivity index (χ0v) is 22.3. The van der Waals surface area contributed by atoms with Gasteiger partial charge in [0.2, 0.25) is 0 Å². The van der Waals surface area contributed by atoms with E-state index in [1.54, 1.807) is 7.05 Å². The van der Waals surface area contributed by atoms with Crippen molar-refractivity contribution in [1.29, 1.82) is 0 Å². The molecular weight excluding hydrogens is 420 g/mol. The molecule has 188 valence electrons. The molecule has 3 aromatic rings. The summed E-state index contributed by atoms with van der Waals surface area (Å²) in [6, 6.07) is 29.0. The second kappa shape index (κ2) is 21.9. The number of hydrogen-bond donors (Lipinski definition) is 3. The third kappa shape index (κ3) is 12.3. The molecule has 0 aliphatic carbocycles. The van der Waals surface area contributed by atoms with E-state index in [1.165, 1.54) is 5.56 Å². The molecule has 0 fully saturated rings. The molecule has 4 nitrogen and oxygen atoms in total. The SMILES string of the molecule is CC.CC.CC.CC(N)c1ccccc1.CNC(C(=O)O)C(c1ccccc1)c1ccccc1. The van der Waals surface area contributed by atoms with Crippen LogP contribution in [0.4, 0.5) is 0 Å². The van der Waals surface area contributed by atoms with Crippen LogP contribution in [-0.2, 0) is 4.79 Å². The molecule has 0 radical (unpaired) electrons. The second-order valence-corrected chi connectivity index (χ2v) is 6.60. The molecule has 3 aromatic carbocycles. The fraction of sp³-hybridized carbons (Fsp3) is 0.367. The Kier molecular flexibility index (Phi) is 21.4. The van der Waals surface area contributed by atoms with Crippen molar-refractivity contribution in [3.63, 3.8) is 0 Å². The van der Waals surface area contributed by atoms with Gasteiger partial charge in [0.15, 0.2) is 0 Å². The first-order chi connectivity index (χ1) is 16.5. The van der Waals surface area contributed by atoms with Crippen molar-refractivity contribution in [3.8, 4) is 0 Å². The van der Waals surface area contributed by atoms with Crippen molar-refractivity contribution in [3.05, 3.63) is 108 Å². The molecule has 3 rings (SSSR count). The number of carboxylic acid groups (broad SMARTS) is 1. The van der Waals surface area contributed by atoms with Gasteiger partial charge in [-0.3, -0.25) is 4.79 Å². The second-order valence-electron chi connectivity index (χ2n) is 6.60. The van der Waals surface area contributed by atoms with Crippen LogP contribution in [0.1, 0.15) is 77.1 Å². The fourth-order valence-electron chi connectivity index (χ4n) is 3.09. The van der Waals surface area contributed by atoms with Crippen LogP contribution >= 0.6 is 0 Å². The minimum absolute atomic E-state index is 0.159. The minimum atomic E-state index is -0.847. The highest BCUT2D eigenvalue weighted by molar-refractivity contribution is 5.76. The number of likely N-dealkylation sites (N-methyl/N-ethyl adjacent to an activating group) is 1. The summed E-state index contributed by atoms with van der Waals surface area (Å²) < 4.78 is 0. The molecule has 0 spiro atoms. The molecule has 0 amide bonds. The molecular formula is C30H46N2O2. The number of rotatable bonds is 6. The zero-order chi connectivity index (χ0) is 26.4. The molecule has 34 heavy (non-hydrogen) atoms. The van der Waals surface area contributed by atoms with Gasteiger partial charge in [0.25, 0.3) is 0 Å². The fourth-order valence-corrected chi connectivity index (χ4v) is 3.09. The standard InChI is InChI=1S/C16H17NO2.C8H11N.3C2H6/c1-17-15(16(18)19)14(12-8-4-2-5-9-12)13-10-6-3-7-11-13;1-7(9)8-5-3-2-4-6-8;3*1-2/h2-11,14-15,17H,1H3,(H,18,19);2-7H,9H2,1H3;3*1-2H3. The average Bonchev–Trinajstić information content (AvgIpc) is 2.92. The average molecular weight is 467 g/mol. The van der Waals surface area contributed by atoms with Gasteiger partial charge in [-0.2, -0.15) is 0 Å². The number of aliphatic carboxylic acids is 1. The Labute approximate surface area is 208 Å². The van der Waals surface area contributed by atoms with Gasteiger partial charge >= 0.3 is 5.97 Å². The Morgan fingerprint density at radius 3 is 1.18 bits per heavy atom. The molecule has 2 atom stereocenters. The quantitative estimate of drug-likeness (QED) is 0.357. The molecule has 0 heterocycles. The summed E-state index contributed by atoms with van der Waals surface area (Å²) in [5.41, 5.74) is 8.80. The van der Waals surface area contributed by atoms with Crippen molar-refractivity contribution < 1.29 is 9.90 Å². The van der Waals surface area contributed by atoms with E-state index < -0.39 is 12.0 Å². The van der Waals surface area contributed by atoms with Crippen LogP contribution in [-0.4, -0.2) is 24.2 Å². The molecule has 0 bridgehead atoms. The van der Waals surface area contributed by atoms with E-state index >= 15 is 0 Å². The largest absolute Gasteiger partial charge is 0.480 e. The van der Waals surface area contributed by atoms with E-state index in [0.717, 1.165) is 11.1 Å². The Bertz CT molecular complexity index is 783. The predicted molar refractivity (Wildman–Crippen MR) is 148 cm³/mol. The molecule has 4 heteroatoms. The molecule has 0 saturated heterocycles. The summed E-state index contributed by atoms with van der Waals surface area (Å²) in [6.07, 6.45) is 0. The van der Waals surface area contributed by atoms with Gasteiger partial charge in [0.05, 0.1) is 0 Å². The number of benzene rings is 3. The summed E-state index contributed by atoms with van der Waals surface area (Å²) in [4.78, 5) is 11.5. The number of carbonyl (C=O) groups is 1. The highest BCUT2D eigenvalue weighted by atomic mass is 16.4. The van der Waals surface area contributed by atoms with Crippen LogP contribution in [0.25, 0.3) is 0 Å². The van der Waals surface area contributed by atoms with E-state index in [-0.39, 0.29) is 12.0 Å². The van der Waals surface area contributed by atoms with E-state index in [2.05, 4.69) is 5.32 Å². The van der Waals surface area contributed by atoms with E-state index in [0.29, 0.717) is 0 Å². The molecule has 4 N–H and O–H groups in total. The van der Waals surface area contributed by atoms with Crippen LogP contribution < -0.4 is 11.1 Å². The minimum Gasteiger partial charge on any atom is -0.480 e. The van der Waals surface area contributed by atoms with Gasteiger partial charge < -0.3 is 16.2 Å². The Hall–Kier alpha value is -2.95. The van der Waals surface area contributed by atoms with Crippen LogP contribution in [0.2, 0.25) is 0 Å². The molecule has 2 unspecified atom stereocenters. The molecule has 0 saturated carbocycles. The maximum Gasteiger partial charge on any atom is 0.321 e. The Morgan fingerprint density at radius 2 is 0.971 bits per heavy atom. The predicted octanol–water partition coefficient (Wildman–Crippen LogP) is 7.28. The van der Waals surface area contributed by atoms with Gasteiger partial charge in [-0.05, 0) is 30.7 Å². The van der Waals surface area contributed by atoms with Crippen molar-refractivity contribution in [2.75, 3.05) is 7.05 Å². The topological polar surface area (TPSA) is 75.3 Å². The first kappa shape index (κ1) is 33.2. The molecule has 0 aliphatic heterocycles. The monoisotopic (exact) mass is 466 g/mol. The lowest BCUT2D eigenvalue weighted by atomic mass is 9.85. The van der Waals surface area contributed by atoms with Crippen molar-refractivity contribution in [2.45, 2.75) is 66.5 Å². The number of carboxylic acids is 1. The maximum absolute atomic E-state index is 11.5. The first-order valence-corrected chi connectivity index (χ1v) is 12.3. The van der Waals surface area contributed by atoms with Crippen molar-refractivity contribution in [2.24, 2.45) is 5.73 Å². The van der Waals surface area contributed by atoms with Gasteiger partial charge in [0.1, 0.15) is 6.04 Å². The number of hydrogen-bond acceptors (Lipinski definition) is 3. The van der Waals surface area contributed by atoms with Crippen LogP contribution in [0.5, 0.6) is 0 Å². The normalized spacial score (nSPS) is 10.9. The highest BCUT2D eigenvalue weighted by Gasteiger charge is 2.29. The molecule has 0 aliphatic rings. The van der Waals surface area contributed by atoms with E-state index in [4.69, 9.17) is 5.73 Å². The van der Waals surface area contributed by atoms with Crippen molar-refractivity contribution >= 4 is 5.97 Å². The van der Waals surface area contributed by atoms with Crippen LogP contribution in [0, 0.1) is 0 Å². The summed E-state index contributed by atoms with van der Waals surface area (Å²) in [6.45, 7) is 14.0. The van der Waals surface area contributed by atoms with Gasteiger partial charge in [-0.15, -0.1) is 0 Å². The Balaban J connectivity index is 0. The first-order valence-electron chi connectivity index (χ1n) is 12.3. The molecule has 0 aromatic heterocycles. The third-order valence-corrected chi connectivity index (χ3v) is 4.55. The Morgan fingerprint density at radius 1 is 0.676 bits per heavy atom. The van der Waals surface area contributed by atoms with Gasteiger partial charge in [-0.1, -0.05) is 133 Å². The number of nitrogens with one attached hydrogen (secondary N) is 1. The third-order valence-electron chi connectivity index (χ3n) is 4.55. The van der Waals surface area contributed by atoms with E-state index in [1.807, 2.05) is 139 Å². The lowest BCUT2D eigenvalue weighted by Gasteiger charge is -2.24. The number of nitrogens with two attached hydrogens (primary N) is 1. The summed E-state index contributed by atoms with van der Waals surface area (Å²) >= 11 is 0. The van der Waals surface area contributed by atoms with Crippen LogP contribution in [0.15, 0.2) is 91.0 Å². The zero-order valence-electron chi connectivity index (χ0n) is 22.3. The summed E-state index contributed by atoms with van der Waals surface area (Å²) in [5.74, 6) is -1.05. The highest BCUT2D eigenvalue weighted by Crippen LogP contribution is 2.28. The smallest absolute Gasteiger partial charge is 0.321 e. The lowest BCUT2D eigenvalue weighted by molar-refractivity contribution is -0.139. The van der Waals surface area contributed by atoms with Gasteiger partial charge in [-0.25, -0.2) is 0 Å². The lowest BCUT2D eigenvalue weighted by Crippen LogP contribution is -2.40.